The minimum atomic E-state index is 0.902. The summed E-state index contributed by atoms with van der Waals surface area (Å²) < 4.78 is 3.94. The normalized spacial score (nSPS) is 10.9. The molecule has 0 bridgehead atoms. The standard InChI is InChI=1S/C12H19N5/c1-16-10-12(9-15-16)8-13-4-2-3-6-17-7-5-14-11-17/h5,7,9-11,13H,2-4,6,8H2,1H3. The molecule has 92 valence electrons. The van der Waals surface area contributed by atoms with Gasteiger partial charge in [0, 0.05) is 44.3 Å². The zero-order valence-corrected chi connectivity index (χ0v) is 10.2. The van der Waals surface area contributed by atoms with Gasteiger partial charge in [-0.1, -0.05) is 0 Å². The first-order valence-electron chi connectivity index (χ1n) is 5.98. The van der Waals surface area contributed by atoms with Crippen LogP contribution in [0.5, 0.6) is 0 Å². The Morgan fingerprint density at radius 1 is 1.35 bits per heavy atom. The lowest BCUT2D eigenvalue weighted by atomic mass is 10.3. The molecule has 0 unspecified atom stereocenters. The Labute approximate surface area is 101 Å². The van der Waals surface area contributed by atoms with Crippen LogP contribution >= 0.6 is 0 Å². The second-order valence-corrected chi connectivity index (χ2v) is 4.21. The zero-order valence-electron chi connectivity index (χ0n) is 10.2. The van der Waals surface area contributed by atoms with Crippen LogP contribution in [-0.2, 0) is 20.1 Å². The van der Waals surface area contributed by atoms with Crippen molar-refractivity contribution in [2.45, 2.75) is 25.9 Å². The minimum Gasteiger partial charge on any atom is -0.337 e. The van der Waals surface area contributed by atoms with Gasteiger partial charge >= 0.3 is 0 Å². The van der Waals surface area contributed by atoms with Crippen LogP contribution in [0.2, 0.25) is 0 Å². The van der Waals surface area contributed by atoms with Crippen molar-refractivity contribution in [3.05, 3.63) is 36.7 Å². The van der Waals surface area contributed by atoms with Crippen molar-refractivity contribution in [2.75, 3.05) is 6.54 Å². The molecule has 2 heterocycles. The smallest absolute Gasteiger partial charge is 0.0945 e. The van der Waals surface area contributed by atoms with E-state index in [2.05, 4.69) is 20.0 Å². The predicted molar refractivity (Wildman–Crippen MR) is 66.4 cm³/mol. The Hall–Kier alpha value is -1.62. The highest BCUT2D eigenvalue weighted by atomic mass is 15.2. The topological polar surface area (TPSA) is 47.7 Å². The lowest BCUT2D eigenvalue weighted by Crippen LogP contribution is -2.14. The van der Waals surface area contributed by atoms with Crippen molar-refractivity contribution >= 4 is 0 Å². The van der Waals surface area contributed by atoms with E-state index in [1.807, 2.05) is 42.8 Å². The number of aryl methyl sites for hydroxylation is 2. The van der Waals surface area contributed by atoms with Crippen molar-refractivity contribution in [2.24, 2.45) is 7.05 Å². The molecular weight excluding hydrogens is 214 g/mol. The molecule has 2 rings (SSSR count). The maximum Gasteiger partial charge on any atom is 0.0945 e. The number of imidazole rings is 1. The number of hydrogen-bond donors (Lipinski definition) is 1. The van der Waals surface area contributed by atoms with Crippen molar-refractivity contribution in [1.29, 1.82) is 0 Å². The van der Waals surface area contributed by atoms with Crippen LogP contribution in [0.15, 0.2) is 31.1 Å². The van der Waals surface area contributed by atoms with Gasteiger partial charge in [0.15, 0.2) is 0 Å². The van der Waals surface area contributed by atoms with E-state index in [4.69, 9.17) is 0 Å². The van der Waals surface area contributed by atoms with Crippen molar-refractivity contribution in [3.63, 3.8) is 0 Å². The lowest BCUT2D eigenvalue weighted by molar-refractivity contribution is 0.568. The van der Waals surface area contributed by atoms with Crippen molar-refractivity contribution in [3.8, 4) is 0 Å². The molecule has 0 atom stereocenters. The van der Waals surface area contributed by atoms with Crippen LogP contribution in [-0.4, -0.2) is 25.9 Å². The van der Waals surface area contributed by atoms with Crippen LogP contribution in [0, 0.1) is 0 Å². The summed E-state index contributed by atoms with van der Waals surface area (Å²) in [5, 5.41) is 7.55. The van der Waals surface area contributed by atoms with Crippen LogP contribution < -0.4 is 5.32 Å². The van der Waals surface area contributed by atoms with Gasteiger partial charge in [-0.15, -0.1) is 0 Å². The van der Waals surface area contributed by atoms with E-state index in [9.17, 15) is 0 Å². The summed E-state index contributed by atoms with van der Waals surface area (Å²) in [5.41, 5.74) is 1.24. The highest BCUT2D eigenvalue weighted by Crippen LogP contribution is 1.97. The van der Waals surface area contributed by atoms with E-state index < -0.39 is 0 Å². The Morgan fingerprint density at radius 3 is 3.00 bits per heavy atom. The van der Waals surface area contributed by atoms with Crippen LogP contribution in [0.3, 0.4) is 0 Å². The Kier molecular flexibility index (Phi) is 4.32. The van der Waals surface area contributed by atoms with E-state index in [1.54, 1.807) is 0 Å². The third kappa shape index (κ3) is 4.03. The third-order valence-electron chi connectivity index (χ3n) is 2.67. The number of nitrogens with one attached hydrogen (secondary N) is 1. The molecule has 0 amide bonds. The first-order valence-corrected chi connectivity index (χ1v) is 5.98. The second-order valence-electron chi connectivity index (χ2n) is 4.21. The third-order valence-corrected chi connectivity index (χ3v) is 2.67. The summed E-state index contributed by atoms with van der Waals surface area (Å²) in [7, 11) is 1.94. The van der Waals surface area contributed by atoms with Crippen molar-refractivity contribution in [1.82, 2.24) is 24.6 Å². The molecule has 0 radical (unpaired) electrons. The molecule has 5 nitrogen and oxygen atoms in total. The maximum atomic E-state index is 4.13. The number of rotatable bonds is 7. The first-order chi connectivity index (χ1) is 8.34. The summed E-state index contributed by atoms with van der Waals surface area (Å²) in [6.45, 7) is 3.00. The Bertz CT molecular complexity index is 418. The largest absolute Gasteiger partial charge is 0.337 e. The molecule has 0 saturated heterocycles. The van der Waals surface area contributed by atoms with Gasteiger partial charge in [0.25, 0.3) is 0 Å². The summed E-state index contributed by atoms with van der Waals surface area (Å²) in [6, 6.07) is 0. The van der Waals surface area contributed by atoms with Gasteiger partial charge in [-0.25, -0.2) is 4.98 Å². The van der Waals surface area contributed by atoms with Crippen molar-refractivity contribution < 1.29 is 0 Å². The molecule has 0 aliphatic heterocycles. The molecular formula is C12H19N5. The SMILES string of the molecule is Cn1cc(CNCCCCn2ccnc2)cn1. The molecule has 2 aromatic heterocycles. The lowest BCUT2D eigenvalue weighted by Gasteiger charge is -2.03. The van der Waals surface area contributed by atoms with Gasteiger partial charge in [0.05, 0.1) is 12.5 Å². The zero-order chi connectivity index (χ0) is 11.9. The van der Waals surface area contributed by atoms with E-state index in [0.717, 1.165) is 19.6 Å². The summed E-state index contributed by atoms with van der Waals surface area (Å²) in [4.78, 5) is 4.02. The predicted octanol–water partition coefficient (Wildman–Crippen LogP) is 1.19. The monoisotopic (exact) mass is 233 g/mol. The highest BCUT2D eigenvalue weighted by molar-refractivity contribution is 5.02. The summed E-state index contributed by atoms with van der Waals surface area (Å²) >= 11 is 0. The van der Waals surface area contributed by atoms with Gasteiger partial charge in [0.2, 0.25) is 0 Å². The van der Waals surface area contributed by atoms with Gasteiger partial charge < -0.3 is 9.88 Å². The van der Waals surface area contributed by atoms with Crippen LogP contribution in [0.25, 0.3) is 0 Å². The number of nitrogens with zero attached hydrogens (tertiary/aromatic N) is 4. The molecule has 0 spiro atoms. The molecule has 17 heavy (non-hydrogen) atoms. The average Bonchev–Trinajstić information content (AvgIpc) is 2.95. The fourth-order valence-electron chi connectivity index (χ4n) is 1.76. The Morgan fingerprint density at radius 2 is 2.29 bits per heavy atom. The summed E-state index contributed by atoms with van der Waals surface area (Å²) in [6.07, 6.45) is 12.0. The second kappa shape index (κ2) is 6.20. The average molecular weight is 233 g/mol. The summed E-state index contributed by atoms with van der Waals surface area (Å²) in [5.74, 6) is 0. The van der Waals surface area contributed by atoms with E-state index >= 15 is 0 Å². The molecule has 0 fully saturated rings. The molecule has 0 aliphatic carbocycles. The molecule has 0 aromatic carbocycles. The van der Waals surface area contributed by atoms with Gasteiger partial charge in [-0.3, -0.25) is 4.68 Å². The number of unbranched alkanes of at least 4 members (excludes halogenated alkanes) is 1. The number of hydrogen-bond acceptors (Lipinski definition) is 3. The van der Waals surface area contributed by atoms with Crippen LogP contribution in [0.4, 0.5) is 0 Å². The van der Waals surface area contributed by atoms with Gasteiger partial charge in [-0.05, 0) is 19.4 Å². The fraction of sp³-hybridized carbons (Fsp3) is 0.500. The molecule has 1 N–H and O–H groups in total. The van der Waals surface area contributed by atoms with E-state index in [-0.39, 0.29) is 0 Å². The maximum absolute atomic E-state index is 4.13. The fourth-order valence-corrected chi connectivity index (χ4v) is 1.76. The van der Waals surface area contributed by atoms with E-state index in [1.165, 1.54) is 18.4 Å². The molecule has 0 aliphatic rings. The Balaban J connectivity index is 1.52. The molecule has 2 aromatic rings. The minimum absolute atomic E-state index is 0.902. The van der Waals surface area contributed by atoms with E-state index in [0.29, 0.717) is 0 Å². The van der Waals surface area contributed by atoms with Gasteiger partial charge in [-0.2, -0.15) is 5.10 Å². The first kappa shape index (κ1) is 11.9. The number of aromatic nitrogens is 4. The molecule has 5 heteroatoms. The van der Waals surface area contributed by atoms with Gasteiger partial charge in [0.1, 0.15) is 0 Å². The highest BCUT2D eigenvalue weighted by Gasteiger charge is 1.95. The molecule has 0 saturated carbocycles. The van der Waals surface area contributed by atoms with Crippen LogP contribution in [0.1, 0.15) is 18.4 Å². The quantitative estimate of drug-likeness (QED) is 0.731.